The molecule has 0 amide bonds. The predicted octanol–water partition coefficient (Wildman–Crippen LogP) is 0.989. The zero-order valence-corrected chi connectivity index (χ0v) is 14.8. The first-order chi connectivity index (χ1) is 10.5. The van der Waals surface area contributed by atoms with Crippen molar-refractivity contribution in [2.75, 3.05) is 19.6 Å². The summed E-state index contributed by atoms with van der Waals surface area (Å²) in [4.78, 5) is 11.2. The predicted molar refractivity (Wildman–Crippen MR) is 90.8 cm³/mol. The van der Waals surface area contributed by atoms with Gasteiger partial charge in [-0.05, 0) is 34.6 Å². The Kier molecular flexibility index (Phi) is 7.87. The number of guanidine groups is 1. The summed E-state index contributed by atoms with van der Waals surface area (Å²) in [5.74, 6) is 1.67. The summed E-state index contributed by atoms with van der Waals surface area (Å²) in [6.07, 6.45) is 1.55. The maximum atomic E-state index is 4.56. The Morgan fingerprint density at radius 1 is 1.27 bits per heavy atom. The summed E-state index contributed by atoms with van der Waals surface area (Å²) in [6, 6.07) is 1.08. The number of hydrogen-bond acceptors (Lipinski definition) is 4. The average molecular weight is 309 g/mol. The van der Waals surface area contributed by atoms with E-state index in [1.807, 2.05) is 7.05 Å². The number of hydrogen-bond donors (Lipinski definition) is 2. The van der Waals surface area contributed by atoms with Gasteiger partial charge in [0, 0.05) is 38.8 Å². The average Bonchev–Trinajstić information content (AvgIpc) is 2.85. The minimum atomic E-state index is 0.518. The highest BCUT2D eigenvalue weighted by atomic mass is 15.3. The molecule has 22 heavy (non-hydrogen) atoms. The molecule has 0 fully saturated rings. The van der Waals surface area contributed by atoms with Crippen LogP contribution < -0.4 is 10.6 Å². The molecular formula is C15H31N7. The van der Waals surface area contributed by atoms with E-state index in [1.165, 1.54) is 0 Å². The van der Waals surface area contributed by atoms with Gasteiger partial charge in [-0.15, -0.1) is 0 Å². The quantitative estimate of drug-likeness (QED) is 0.553. The highest BCUT2D eigenvalue weighted by Gasteiger charge is 2.12. The van der Waals surface area contributed by atoms with Gasteiger partial charge in [0.05, 0.1) is 0 Å². The van der Waals surface area contributed by atoms with E-state index in [4.69, 9.17) is 0 Å². The molecule has 7 nitrogen and oxygen atoms in total. The molecule has 0 spiro atoms. The van der Waals surface area contributed by atoms with Crippen molar-refractivity contribution >= 4 is 5.96 Å². The molecule has 0 radical (unpaired) electrons. The number of aromatic nitrogens is 3. The fraction of sp³-hybridized carbons (Fsp3) is 0.800. The van der Waals surface area contributed by atoms with Crippen LogP contribution in [-0.2, 0) is 13.6 Å². The summed E-state index contributed by atoms with van der Waals surface area (Å²) in [6.45, 7) is 14.2. The summed E-state index contributed by atoms with van der Waals surface area (Å²) < 4.78 is 1.74. The topological polar surface area (TPSA) is 70.4 Å². The molecule has 0 aliphatic heterocycles. The van der Waals surface area contributed by atoms with Crippen LogP contribution in [0.15, 0.2) is 11.3 Å². The Bertz CT molecular complexity index is 442. The van der Waals surface area contributed by atoms with E-state index >= 15 is 0 Å². The Labute approximate surface area is 134 Å². The molecule has 0 saturated carbocycles. The normalized spacial score (nSPS) is 12.5. The van der Waals surface area contributed by atoms with Crippen LogP contribution in [0.4, 0.5) is 0 Å². The molecule has 0 saturated heterocycles. The lowest BCUT2D eigenvalue weighted by molar-refractivity contribution is 0.178. The second-order valence-corrected chi connectivity index (χ2v) is 5.85. The fourth-order valence-electron chi connectivity index (χ4n) is 2.37. The molecule has 0 unspecified atom stereocenters. The lowest BCUT2D eigenvalue weighted by Gasteiger charge is -2.30. The third-order valence-corrected chi connectivity index (χ3v) is 3.52. The summed E-state index contributed by atoms with van der Waals surface area (Å²) in [5, 5.41) is 10.7. The first-order valence-corrected chi connectivity index (χ1v) is 8.06. The number of rotatable bonds is 8. The van der Waals surface area contributed by atoms with Crippen LogP contribution in [0.2, 0.25) is 0 Å². The largest absolute Gasteiger partial charge is 0.357 e. The van der Waals surface area contributed by atoms with E-state index in [2.05, 4.69) is 65.2 Å². The number of nitrogens with one attached hydrogen (secondary N) is 2. The van der Waals surface area contributed by atoms with Crippen molar-refractivity contribution in [3.05, 3.63) is 12.2 Å². The monoisotopic (exact) mass is 309 g/mol. The van der Waals surface area contributed by atoms with Crippen LogP contribution in [-0.4, -0.2) is 57.3 Å². The summed E-state index contributed by atoms with van der Waals surface area (Å²) in [7, 11) is 1.88. The summed E-state index contributed by atoms with van der Waals surface area (Å²) >= 11 is 0. The minimum Gasteiger partial charge on any atom is -0.357 e. The van der Waals surface area contributed by atoms with Crippen molar-refractivity contribution in [1.82, 2.24) is 30.3 Å². The van der Waals surface area contributed by atoms with Gasteiger partial charge in [-0.3, -0.25) is 9.58 Å². The van der Waals surface area contributed by atoms with Crippen LogP contribution in [0.25, 0.3) is 0 Å². The van der Waals surface area contributed by atoms with Crippen molar-refractivity contribution in [1.29, 1.82) is 0 Å². The van der Waals surface area contributed by atoms with Gasteiger partial charge in [0.25, 0.3) is 0 Å². The molecule has 0 atom stereocenters. The smallest absolute Gasteiger partial charge is 0.191 e. The number of aryl methyl sites for hydroxylation is 1. The zero-order chi connectivity index (χ0) is 16.5. The Hall–Kier alpha value is -1.63. The van der Waals surface area contributed by atoms with Crippen LogP contribution in [0.5, 0.6) is 0 Å². The Morgan fingerprint density at radius 2 is 1.95 bits per heavy atom. The zero-order valence-electron chi connectivity index (χ0n) is 14.8. The lowest BCUT2D eigenvalue weighted by atomic mass is 10.2. The van der Waals surface area contributed by atoms with Crippen LogP contribution in [0.1, 0.15) is 40.4 Å². The minimum absolute atomic E-state index is 0.518. The molecule has 126 valence electrons. The number of nitrogens with zero attached hydrogens (tertiary/aromatic N) is 5. The van der Waals surface area contributed by atoms with Crippen LogP contribution in [0, 0.1) is 0 Å². The van der Waals surface area contributed by atoms with E-state index in [9.17, 15) is 0 Å². The SMILES string of the molecule is CCNC(=NCc1ncnn1C)NCCN(C(C)C)C(C)C. The number of aliphatic imine (C=N–C) groups is 1. The molecule has 2 N–H and O–H groups in total. The van der Waals surface area contributed by atoms with Gasteiger partial charge < -0.3 is 10.6 Å². The van der Waals surface area contributed by atoms with Gasteiger partial charge in [-0.25, -0.2) is 9.98 Å². The van der Waals surface area contributed by atoms with Crippen molar-refractivity contribution in [2.24, 2.45) is 12.0 Å². The second kappa shape index (κ2) is 9.40. The van der Waals surface area contributed by atoms with Crippen LogP contribution >= 0.6 is 0 Å². The van der Waals surface area contributed by atoms with Gasteiger partial charge in [0.15, 0.2) is 5.96 Å². The Balaban J connectivity index is 2.51. The van der Waals surface area contributed by atoms with Gasteiger partial charge in [0.2, 0.25) is 0 Å². The molecule has 7 heteroatoms. The standard InChI is InChI=1S/C15H31N7/c1-7-16-15(18-10-14-19-11-20-21(14)6)17-8-9-22(12(2)3)13(4)5/h11-13H,7-10H2,1-6H3,(H2,16,17,18). The molecule has 1 aromatic rings. The second-order valence-electron chi connectivity index (χ2n) is 5.85. The van der Waals surface area contributed by atoms with E-state index in [-0.39, 0.29) is 0 Å². The molecule has 0 aliphatic rings. The Morgan fingerprint density at radius 3 is 2.45 bits per heavy atom. The van der Waals surface area contributed by atoms with E-state index < -0.39 is 0 Å². The molecule has 0 aromatic carbocycles. The third-order valence-electron chi connectivity index (χ3n) is 3.52. The van der Waals surface area contributed by atoms with Crippen molar-refractivity contribution in [2.45, 2.75) is 53.2 Å². The van der Waals surface area contributed by atoms with Gasteiger partial charge in [0.1, 0.15) is 18.7 Å². The highest BCUT2D eigenvalue weighted by Crippen LogP contribution is 2.03. The fourth-order valence-corrected chi connectivity index (χ4v) is 2.37. The van der Waals surface area contributed by atoms with E-state index in [0.29, 0.717) is 18.6 Å². The van der Waals surface area contributed by atoms with Crippen molar-refractivity contribution < 1.29 is 0 Å². The summed E-state index contributed by atoms with van der Waals surface area (Å²) in [5.41, 5.74) is 0. The van der Waals surface area contributed by atoms with Gasteiger partial charge in [-0.1, -0.05) is 0 Å². The van der Waals surface area contributed by atoms with Crippen LogP contribution in [0.3, 0.4) is 0 Å². The molecule has 1 aromatic heterocycles. The van der Waals surface area contributed by atoms with E-state index in [0.717, 1.165) is 31.4 Å². The maximum Gasteiger partial charge on any atom is 0.191 e. The molecule has 0 aliphatic carbocycles. The van der Waals surface area contributed by atoms with Crippen molar-refractivity contribution in [3.8, 4) is 0 Å². The maximum absolute atomic E-state index is 4.56. The molecule has 0 bridgehead atoms. The van der Waals surface area contributed by atoms with Gasteiger partial charge >= 0.3 is 0 Å². The van der Waals surface area contributed by atoms with Crippen molar-refractivity contribution in [3.63, 3.8) is 0 Å². The third kappa shape index (κ3) is 6.01. The first-order valence-electron chi connectivity index (χ1n) is 8.06. The molecule has 1 rings (SSSR count). The molecular weight excluding hydrogens is 278 g/mol. The first kappa shape index (κ1) is 18.4. The lowest BCUT2D eigenvalue weighted by Crippen LogP contribution is -2.45. The molecule has 1 heterocycles. The van der Waals surface area contributed by atoms with Gasteiger partial charge in [-0.2, -0.15) is 5.10 Å². The van der Waals surface area contributed by atoms with E-state index in [1.54, 1.807) is 11.0 Å². The highest BCUT2D eigenvalue weighted by molar-refractivity contribution is 5.79.